The molecule has 0 aromatic rings. The van der Waals surface area contributed by atoms with Crippen LogP contribution in [0.5, 0.6) is 0 Å². The van der Waals surface area contributed by atoms with Gasteiger partial charge in [-0.15, -0.1) is 0 Å². The third-order valence-corrected chi connectivity index (χ3v) is 2.23. The molecule has 19 heavy (non-hydrogen) atoms. The summed E-state index contributed by atoms with van der Waals surface area (Å²) < 4.78 is 99.8. The summed E-state index contributed by atoms with van der Waals surface area (Å²) in [4.78, 5) is 0. The van der Waals surface area contributed by atoms with E-state index in [9.17, 15) is 35.1 Å². The van der Waals surface area contributed by atoms with Crippen LogP contribution < -0.4 is 0 Å². The maximum atomic E-state index is 12.9. The Morgan fingerprint density at radius 1 is 1.05 bits per heavy atom. The normalized spacial score (nSPS) is 24.8. The minimum Gasteiger partial charge on any atom is -0.195 e. The van der Waals surface area contributed by atoms with Gasteiger partial charge in [0.1, 0.15) is 5.57 Å². The van der Waals surface area contributed by atoms with Crippen molar-refractivity contribution in [1.82, 2.24) is 0 Å². The second-order valence-electron chi connectivity index (χ2n) is 3.68. The van der Waals surface area contributed by atoms with Crippen molar-refractivity contribution in [3.63, 3.8) is 0 Å². The van der Waals surface area contributed by atoms with Gasteiger partial charge < -0.3 is 0 Å². The van der Waals surface area contributed by atoms with Gasteiger partial charge in [-0.2, -0.15) is 50.6 Å². The first kappa shape index (κ1) is 15.3. The zero-order valence-electron chi connectivity index (χ0n) is 8.87. The predicted molar refractivity (Wildman–Crippen MR) is 43.0 cm³/mol. The minimum atomic E-state index is -6.28. The largest absolute Gasteiger partial charge is 0.459 e. The van der Waals surface area contributed by atoms with E-state index in [1.54, 1.807) is 0 Å². The molecule has 1 atom stereocenters. The quantitative estimate of drug-likeness (QED) is 0.679. The molecular weight excluding hydrogens is 290 g/mol. The standard InChI is InChI=1S/C8H3F8N3/c1-5(2-17)3(7(11,12)13)4(18-19-5)6(9,10)8(14,15)16/h1H3. The number of hydrogen-bond donors (Lipinski definition) is 0. The van der Waals surface area contributed by atoms with Crippen LogP contribution in [0.1, 0.15) is 6.92 Å². The van der Waals surface area contributed by atoms with Crippen molar-refractivity contribution < 1.29 is 35.1 Å². The summed E-state index contributed by atoms with van der Waals surface area (Å²) in [6.07, 6.45) is -11.9. The number of nitriles is 1. The van der Waals surface area contributed by atoms with E-state index >= 15 is 0 Å². The number of azo groups is 1. The van der Waals surface area contributed by atoms with Gasteiger partial charge in [0.25, 0.3) is 0 Å². The molecule has 1 heterocycles. The van der Waals surface area contributed by atoms with Crippen LogP contribution in [0.4, 0.5) is 35.1 Å². The van der Waals surface area contributed by atoms with Crippen molar-refractivity contribution in [3.8, 4) is 6.07 Å². The van der Waals surface area contributed by atoms with Gasteiger partial charge in [-0.25, -0.2) is 0 Å². The van der Waals surface area contributed by atoms with E-state index in [0.29, 0.717) is 6.92 Å². The Bertz CT molecular complexity index is 492. The smallest absolute Gasteiger partial charge is 0.195 e. The molecule has 106 valence electrons. The highest BCUT2D eigenvalue weighted by molar-refractivity contribution is 5.42. The molecule has 0 aromatic carbocycles. The van der Waals surface area contributed by atoms with Gasteiger partial charge in [0.05, 0.1) is 6.07 Å². The first-order chi connectivity index (χ1) is 8.27. The van der Waals surface area contributed by atoms with Gasteiger partial charge in [0, 0.05) is 0 Å². The van der Waals surface area contributed by atoms with Crippen molar-refractivity contribution in [3.05, 3.63) is 11.3 Å². The molecule has 11 heteroatoms. The summed E-state index contributed by atoms with van der Waals surface area (Å²) in [6, 6.07) is 0.911. The third kappa shape index (κ3) is 2.26. The molecule has 3 nitrogen and oxygen atoms in total. The highest BCUT2D eigenvalue weighted by Crippen LogP contribution is 2.51. The van der Waals surface area contributed by atoms with Crippen LogP contribution in [0.15, 0.2) is 21.5 Å². The zero-order valence-corrected chi connectivity index (χ0v) is 8.87. The lowest BCUT2D eigenvalue weighted by molar-refractivity contribution is -0.265. The number of alkyl halides is 8. The van der Waals surface area contributed by atoms with Crippen LogP contribution in [0, 0.1) is 11.3 Å². The number of allylic oxidation sites excluding steroid dienone is 1. The van der Waals surface area contributed by atoms with Gasteiger partial charge in [-0.1, -0.05) is 0 Å². The van der Waals surface area contributed by atoms with Crippen LogP contribution in [-0.4, -0.2) is 23.8 Å². The maximum absolute atomic E-state index is 12.9. The van der Waals surface area contributed by atoms with Crippen LogP contribution >= 0.6 is 0 Å². The molecule has 0 bridgehead atoms. The van der Waals surface area contributed by atoms with Gasteiger partial charge in [-0.3, -0.25) is 0 Å². The van der Waals surface area contributed by atoms with Crippen LogP contribution in [0.3, 0.4) is 0 Å². The van der Waals surface area contributed by atoms with Gasteiger partial charge >= 0.3 is 18.3 Å². The average molecular weight is 293 g/mol. The number of halogens is 8. The molecule has 1 rings (SSSR count). The molecular formula is C8H3F8N3. The molecule has 1 aliphatic heterocycles. The van der Waals surface area contributed by atoms with E-state index in [1.165, 1.54) is 0 Å². The summed E-state index contributed by atoms with van der Waals surface area (Å²) >= 11 is 0. The van der Waals surface area contributed by atoms with Crippen LogP contribution in [0.2, 0.25) is 0 Å². The fourth-order valence-corrected chi connectivity index (χ4v) is 1.32. The molecule has 1 aliphatic rings. The summed E-state index contributed by atoms with van der Waals surface area (Å²) in [6.45, 7) is 0.443. The van der Waals surface area contributed by atoms with E-state index in [-0.39, 0.29) is 0 Å². The minimum absolute atomic E-state index is 0.443. The van der Waals surface area contributed by atoms with Gasteiger partial charge in [0.2, 0.25) is 0 Å². The molecule has 0 radical (unpaired) electrons. The van der Waals surface area contributed by atoms with Crippen molar-refractivity contribution in [2.75, 3.05) is 0 Å². The highest BCUT2D eigenvalue weighted by Gasteiger charge is 2.67. The maximum Gasteiger partial charge on any atom is 0.459 e. The molecule has 0 aromatic heterocycles. The average Bonchev–Trinajstić information content (AvgIpc) is 2.55. The van der Waals surface area contributed by atoms with E-state index in [4.69, 9.17) is 5.26 Å². The van der Waals surface area contributed by atoms with E-state index < -0.39 is 35.1 Å². The van der Waals surface area contributed by atoms with Gasteiger partial charge in [-0.05, 0) is 6.92 Å². The second-order valence-corrected chi connectivity index (χ2v) is 3.68. The van der Waals surface area contributed by atoms with Gasteiger partial charge in [0.15, 0.2) is 11.2 Å². The predicted octanol–water partition coefficient (Wildman–Crippen LogP) is 3.75. The van der Waals surface area contributed by atoms with Crippen molar-refractivity contribution in [1.29, 1.82) is 5.26 Å². The van der Waals surface area contributed by atoms with E-state index in [0.717, 1.165) is 6.07 Å². The van der Waals surface area contributed by atoms with E-state index in [1.807, 2.05) is 0 Å². The summed E-state index contributed by atoms with van der Waals surface area (Å²) in [7, 11) is 0. The molecule has 0 saturated heterocycles. The Morgan fingerprint density at radius 3 is 1.84 bits per heavy atom. The Labute approximate surface area is 99.8 Å². The Morgan fingerprint density at radius 2 is 1.53 bits per heavy atom. The fourth-order valence-electron chi connectivity index (χ4n) is 1.32. The lowest BCUT2D eigenvalue weighted by Crippen LogP contribution is -2.41. The molecule has 0 spiro atoms. The lowest BCUT2D eigenvalue weighted by atomic mass is 9.91. The third-order valence-electron chi connectivity index (χ3n) is 2.23. The summed E-state index contributed by atoms with van der Waals surface area (Å²) in [5, 5.41) is 13.3. The van der Waals surface area contributed by atoms with Crippen molar-refractivity contribution in [2.24, 2.45) is 10.2 Å². The number of hydrogen-bond acceptors (Lipinski definition) is 3. The first-order valence-electron chi connectivity index (χ1n) is 4.38. The summed E-state index contributed by atoms with van der Waals surface area (Å²) in [5.74, 6) is -5.85. The molecule has 0 fully saturated rings. The Balaban J connectivity index is 3.60. The molecule has 0 amide bonds. The van der Waals surface area contributed by atoms with Crippen molar-refractivity contribution in [2.45, 2.75) is 30.7 Å². The van der Waals surface area contributed by atoms with Crippen LogP contribution in [0.25, 0.3) is 0 Å². The van der Waals surface area contributed by atoms with Crippen molar-refractivity contribution >= 4 is 0 Å². The Kier molecular flexibility index (Phi) is 3.13. The molecule has 1 unspecified atom stereocenters. The highest BCUT2D eigenvalue weighted by atomic mass is 19.4. The number of nitrogens with zero attached hydrogens (tertiary/aromatic N) is 3. The zero-order chi connectivity index (χ0) is 15.3. The monoisotopic (exact) mass is 293 g/mol. The SMILES string of the molecule is CC1(C#N)N=NC(C(F)(F)C(F)(F)F)=C1C(F)(F)F. The Hall–Kier alpha value is -1.73. The molecule has 0 saturated carbocycles. The fraction of sp³-hybridized carbons (Fsp3) is 0.625. The molecule has 0 N–H and O–H groups in total. The number of rotatable bonds is 1. The van der Waals surface area contributed by atoms with Crippen LogP contribution in [-0.2, 0) is 0 Å². The first-order valence-corrected chi connectivity index (χ1v) is 4.38. The topological polar surface area (TPSA) is 48.5 Å². The second kappa shape index (κ2) is 3.88. The lowest BCUT2D eigenvalue weighted by Gasteiger charge is -2.23. The van der Waals surface area contributed by atoms with E-state index in [2.05, 4.69) is 10.2 Å². The molecule has 0 aliphatic carbocycles. The summed E-state index contributed by atoms with van der Waals surface area (Å²) in [5.41, 5.74) is -7.94.